The van der Waals surface area contributed by atoms with E-state index >= 15 is 0 Å². The molecule has 2 rings (SSSR count). The van der Waals surface area contributed by atoms with Crippen molar-refractivity contribution in [3.05, 3.63) is 37.3 Å². The second-order valence-electron chi connectivity index (χ2n) is 4.84. The molecular formula is C12H13BrN2OS. The Bertz CT molecular complexity index is 582. The van der Waals surface area contributed by atoms with Gasteiger partial charge in [-0.25, -0.2) is 4.98 Å². The van der Waals surface area contributed by atoms with Gasteiger partial charge in [-0.05, 0) is 27.4 Å². The van der Waals surface area contributed by atoms with Gasteiger partial charge in [0.15, 0.2) is 0 Å². The molecule has 2 aromatic heterocycles. The van der Waals surface area contributed by atoms with Crippen LogP contribution in [0.25, 0.3) is 11.4 Å². The summed E-state index contributed by atoms with van der Waals surface area (Å²) in [6.07, 6.45) is 0. The Morgan fingerprint density at radius 1 is 1.41 bits per heavy atom. The molecule has 0 fully saturated rings. The van der Waals surface area contributed by atoms with E-state index in [9.17, 15) is 4.79 Å². The van der Waals surface area contributed by atoms with Gasteiger partial charge in [-0.1, -0.05) is 20.8 Å². The van der Waals surface area contributed by atoms with Gasteiger partial charge in [-0.2, -0.15) is 11.3 Å². The summed E-state index contributed by atoms with van der Waals surface area (Å²) >= 11 is 4.89. The highest BCUT2D eigenvalue weighted by atomic mass is 79.9. The Kier molecular flexibility index (Phi) is 3.23. The Balaban J connectivity index is 2.67. The van der Waals surface area contributed by atoms with E-state index in [0.717, 1.165) is 11.3 Å². The van der Waals surface area contributed by atoms with Crippen LogP contribution in [0.5, 0.6) is 0 Å². The molecule has 0 unspecified atom stereocenters. The summed E-state index contributed by atoms with van der Waals surface area (Å²) in [5.74, 6) is 0.629. The van der Waals surface area contributed by atoms with Crippen molar-refractivity contribution in [3.8, 4) is 11.4 Å². The largest absolute Gasteiger partial charge is 0.306 e. The zero-order valence-corrected chi connectivity index (χ0v) is 12.3. The Morgan fingerprint density at radius 2 is 2.12 bits per heavy atom. The fourth-order valence-electron chi connectivity index (χ4n) is 1.49. The molecule has 2 heterocycles. The van der Waals surface area contributed by atoms with Crippen molar-refractivity contribution in [1.82, 2.24) is 9.97 Å². The van der Waals surface area contributed by atoms with Crippen molar-refractivity contribution >= 4 is 27.3 Å². The Labute approximate surface area is 112 Å². The summed E-state index contributed by atoms with van der Waals surface area (Å²) in [5, 5.41) is 3.94. The molecule has 2 aromatic rings. The number of aromatic amines is 1. The molecule has 0 saturated carbocycles. The number of hydrogen-bond donors (Lipinski definition) is 1. The number of halogens is 1. The van der Waals surface area contributed by atoms with Crippen LogP contribution in [0.15, 0.2) is 26.1 Å². The topological polar surface area (TPSA) is 45.8 Å². The summed E-state index contributed by atoms with van der Waals surface area (Å²) < 4.78 is 0.518. The van der Waals surface area contributed by atoms with Gasteiger partial charge >= 0.3 is 0 Å². The minimum absolute atomic E-state index is 0.133. The molecule has 0 atom stereocenters. The summed E-state index contributed by atoms with van der Waals surface area (Å²) in [4.78, 5) is 19.2. The molecule has 0 aliphatic heterocycles. The molecule has 0 amide bonds. The number of H-pyrrole nitrogens is 1. The lowest BCUT2D eigenvalue weighted by Gasteiger charge is -2.19. The highest BCUT2D eigenvalue weighted by Crippen LogP contribution is 2.27. The van der Waals surface area contributed by atoms with Gasteiger partial charge in [0.1, 0.15) is 10.3 Å². The molecule has 0 aliphatic rings. The molecule has 0 aromatic carbocycles. The monoisotopic (exact) mass is 312 g/mol. The number of hydrogen-bond acceptors (Lipinski definition) is 3. The minimum Gasteiger partial charge on any atom is -0.306 e. The average molecular weight is 313 g/mol. The highest BCUT2D eigenvalue weighted by Gasteiger charge is 2.22. The van der Waals surface area contributed by atoms with Crippen molar-refractivity contribution < 1.29 is 0 Å². The van der Waals surface area contributed by atoms with E-state index in [-0.39, 0.29) is 11.0 Å². The summed E-state index contributed by atoms with van der Waals surface area (Å²) in [6, 6.07) is 1.95. The number of nitrogens with one attached hydrogen (secondary N) is 1. The van der Waals surface area contributed by atoms with Crippen LogP contribution in [-0.4, -0.2) is 9.97 Å². The van der Waals surface area contributed by atoms with Crippen LogP contribution < -0.4 is 5.56 Å². The third kappa shape index (κ3) is 2.50. The normalized spacial score (nSPS) is 11.8. The van der Waals surface area contributed by atoms with Gasteiger partial charge in [0.25, 0.3) is 5.56 Å². The summed E-state index contributed by atoms with van der Waals surface area (Å²) in [6.45, 7) is 6.12. The van der Waals surface area contributed by atoms with Crippen LogP contribution in [0.1, 0.15) is 26.5 Å². The smallest absolute Gasteiger partial charge is 0.265 e. The lowest BCUT2D eigenvalue weighted by Crippen LogP contribution is -2.22. The van der Waals surface area contributed by atoms with Gasteiger partial charge in [0.05, 0.1) is 5.69 Å². The highest BCUT2D eigenvalue weighted by molar-refractivity contribution is 9.10. The third-order valence-electron chi connectivity index (χ3n) is 2.37. The van der Waals surface area contributed by atoms with Crippen LogP contribution in [0.3, 0.4) is 0 Å². The standard InChI is InChI=1S/C12H13BrN2OS/c1-12(2,3)9-8(13)11(16)15-10(14-9)7-4-5-17-6-7/h4-6H,1-3H3,(H,14,15,16). The van der Waals surface area contributed by atoms with Crippen LogP contribution in [-0.2, 0) is 5.41 Å². The molecule has 1 N–H and O–H groups in total. The quantitative estimate of drug-likeness (QED) is 0.875. The maximum Gasteiger partial charge on any atom is 0.265 e. The molecule has 0 radical (unpaired) electrons. The lowest BCUT2D eigenvalue weighted by molar-refractivity contribution is 0.562. The van der Waals surface area contributed by atoms with Crippen LogP contribution >= 0.6 is 27.3 Å². The van der Waals surface area contributed by atoms with E-state index in [4.69, 9.17) is 0 Å². The molecule has 5 heteroatoms. The average Bonchev–Trinajstić information content (AvgIpc) is 2.73. The van der Waals surface area contributed by atoms with E-state index in [0.29, 0.717) is 10.3 Å². The van der Waals surface area contributed by atoms with Crippen molar-refractivity contribution in [2.45, 2.75) is 26.2 Å². The van der Waals surface area contributed by atoms with E-state index in [1.54, 1.807) is 11.3 Å². The van der Waals surface area contributed by atoms with Crippen LogP contribution in [0, 0.1) is 0 Å². The maximum atomic E-state index is 11.9. The second-order valence-corrected chi connectivity index (χ2v) is 6.41. The molecule has 90 valence electrons. The SMILES string of the molecule is CC(C)(C)c1nc(-c2ccsc2)[nH]c(=O)c1Br. The van der Waals surface area contributed by atoms with Crippen LogP contribution in [0.4, 0.5) is 0 Å². The predicted octanol–water partition coefficient (Wildman–Crippen LogP) is 3.56. The Morgan fingerprint density at radius 3 is 2.65 bits per heavy atom. The van der Waals surface area contributed by atoms with E-state index in [1.807, 2.05) is 37.6 Å². The minimum atomic E-state index is -0.169. The summed E-state index contributed by atoms with van der Waals surface area (Å²) in [5.41, 5.74) is 1.43. The van der Waals surface area contributed by atoms with Gasteiger partial charge in [-0.3, -0.25) is 4.79 Å². The molecule has 0 aliphatic carbocycles. The van der Waals surface area contributed by atoms with E-state index < -0.39 is 0 Å². The first kappa shape index (κ1) is 12.5. The van der Waals surface area contributed by atoms with Crippen molar-refractivity contribution in [1.29, 1.82) is 0 Å². The van der Waals surface area contributed by atoms with Gasteiger partial charge in [-0.15, -0.1) is 0 Å². The maximum absolute atomic E-state index is 11.9. The molecule has 17 heavy (non-hydrogen) atoms. The summed E-state index contributed by atoms with van der Waals surface area (Å²) in [7, 11) is 0. The van der Waals surface area contributed by atoms with Gasteiger partial charge in [0.2, 0.25) is 0 Å². The third-order valence-corrected chi connectivity index (χ3v) is 3.79. The molecule has 3 nitrogen and oxygen atoms in total. The molecule has 0 bridgehead atoms. The van der Waals surface area contributed by atoms with E-state index in [1.165, 1.54) is 0 Å². The lowest BCUT2D eigenvalue weighted by atomic mass is 9.92. The van der Waals surface area contributed by atoms with Crippen molar-refractivity contribution in [2.75, 3.05) is 0 Å². The first-order chi connectivity index (χ1) is 7.89. The first-order valence-electron chi connectivity index (χ1n) is 5.22. The van der Waals surface area contributed by atoms with Crippen LogP contribution in [0.2, 0.25) is 0 Å². The number of thiophene rings is 1. The Hall–Kier alpha value is -0.940. The first-order valence-corrected chi connectivity index (χ1v) is 6.96. The zero-order valence-electron chi connectivity index (χ0n) is 9.87. The molecular weight excluding hydrogens is 300 g/mol. The molecule has 0 saturated heterocycles. The van der Waals surface area contributed by atoms with Crippen molar-refractivity contribution in [2.24, 2.45) is 0 Å². The van der Waals surface area contributed by atoms with Gasteiger partial charge < -0.3 is 4.98 Å². The fraction of sp³-hybridized carbons (Fsp3) is 0.333. The predicted molar refractivity (Wildman–Crippen MR) is 74.6 cm³/mol. The fourth-order valence-corrected chi connectivity index (χ4v) is 2.91. The number of nitrogens with zero attached hydrogens (tertiary/aromatic N) is 1. The van der Waals surface area contributed by atoms with Gasteiger partial charge in [0, 0.05) is 16.4 Å². The second kappa shape index (κ2) is 4.38. The van der Waals surface area contributed by atoms with Crippen molar-refractivity contribution in [3.63, 3.8) is 0 Å². The zero-order chi connectivity index (χ0) is 12.6. The number of rotatable bonds is 1. The van der Waals surface area contributed by atoms with E-state index in [2.05, 4.69) is 25.9 Å². The number of aromatic nitrogens is 2. The molecule has 0 spiro atoms.